The summed E-state index contributed by atoms with van der Waals surface area (Å²) in [4.78, 5) is 27.5. The standard InChI is InChI=1S/C28H35ClN4O3/c1-18(2)32(27(35)17-36-22-13-11-21(29)12-14-22)16-26(34)30-25-15-24(28(5,6)7)31-33(25)23-10-8-9-19(3)20(23)4/h8-15,18H,16-17H2,1-7H3,(H,30,34). The maximum atomic E-state index is 13.1. The molecule has 0 fully saturated rings. The van der Waals surface area contributed by atoms with Gasteiger partial charge in [-0.3, -0.25) is 9.59 Å². The van der Waals surface area contributed by atoms with Gasteiger partial charge in [0.1, 0.15) is 18.1 Å². The highest BCUT2D eigenvalue weighted by molar-refractivity contribution is 6.30. The number of aromatic nitrogens is 2. The molecule has 0 aliphatic rings. The second-order valence-corrected chi connectivity index (χ2v) is 10.6. The Kier molecular flexibility index (Phi) is 8.46. The number of anilines is 1. The van der Waals surface area contributed by atoms with Crippen molar-refractivity contribution in [1.82, 2.24) is 14.7 Å². The van der Waals surface area contributed by atoms with Crippen LogP contribution in [0.25, 0.3) is 5.69 Å². The summed E-state index contributed by atoms with van der Waals surface area (Å²) in [6.45, 7) is 13.8. The quantitative estimate of drug-likeness (QED) is 0.422. The lowest BCUT2D eigenvalue weighted by atomic mass is 9.92. The number of aryl methyl sites for hydroxylation is 1. The van der Waals surface area contributed by atoms with Gasteiger partial charge in [0.15, 0.2) is 6.61 Å². The lowest BCUT2D eigenvalue weighted by Crippen LogP contribution is -2.44. The molecule has 36 heavy (non-hydrogen) atoms. The van der Waals surface area contributed by atoms with Gasteiger partial charge in [-0.15, -0.1) is 0 Å². The van der Waals surface area contributed by atoms with Gasteiger partial charge in [0.05, 0.1) is 11.4 Å². The maximum Gasteiger partial charge on any atom is 0.261 e. The van der Waals surface area contributed by atoms with Crippen LogP contribution in [0.4, 0.5) is 5.82 Å². The van der Waals surface area contributed by atoms with E-state index in [0.717, 1.165) is 22.5 Å². The predicted octanol–water partition coefficient (Wildman–Crippen LogP) is 5.69. The third kappa shape index (κ3) is 6.66. The average molecular weight is 511 g/mol. The summed E-state index contributed by atoms with van der Waals surface area (Å²) in [6, 6.07) is 14.5. The first-order valence-corrected chi connectivity index (χ1v) is 12.4. The number of benzene rings is 2. The average Bonchev–Trinajstić information content (AvgIpc) is 3.22. The van der Waals surface area contributed by atoms with Gasteiger partial charge in [0.2, 0.25) is 5.91 Å². The number of nitrogens with zero attached hydrogens (tertiary/aromatic N) is 3. The summed E-state index contributed by atoms with van der Waals surface area (Å²) in [5, 5.41) is 8.38. The molecule has 0 radical (unpaired) electrons. The van der Waals surface area contributed by atoms with Crippen LogP contribution >= 0.6 is 11.6 Å². The van der Waals surface area contributed by atoms with Crippen LogP contribution in [0.15, 0.2) is 48.5 Å². The van der Waals surface area contributed by atoms with Crippen molar-refractivity contribution in [3.05, 3.63) is 70.4 Å². The molecular formula is C28H35ClN4O3. The molecule has 0 saturated heterocycles. The molecule has 2 amide bonds. The van der Waals surface area contributed by atoms with Crippen molar-refractivity contribution >= 4 is 29.2 Å². The van der Waals surface area contributed by atoms with E-state index in [0.29, 0.717) is 16.6 Å². The van der Waals surface area contributed by atoms with Gasteiger partial charge in [0.25, 0.3) is 5.91 Å². The molecule has 7 nitrogen and oxygen atoms in total. The van der Waals surface area contributed by atoms with E-state index in [2.05, 4.69) is 26.1 Å². The number of carbonyl (C=O) groups excluding carboxylic acids is 2. The minimum Gasteiger partial charge on any atom is -0.484 e. The molecule has 0 aliphatic heterocycles. The molecule has 3 aromatic rings. The smallest absolute Gasteiger partial charge is 0.261 e. The topological polar surface area (TPSA) is 76.5 Å². The fourth-order valence-corrected chi connectivity index (χ4v) is 3.77. The molecule has 0 aliphatic carbocycles. The van der Waals surface area contributed by atoms with Crippen molar-refractivity contribution in [2.24, 2.45) is 0 Å². The highest BCUT2D eigenvalue weighted by atomic mass is 35.5. The van der Waals surface area contributed by atoms with Gasteiger partial charge in [0, 0.05) is 22.5 Å². The molecule has 192 valence electrons. The monoisotopic (exact) mass is 510 g/mol. The van der Waals surface area contributed by atoms with Crippen LogP contribution in [0.3, 0.4) is 0 Å². The van der Waals surface area contributed by atoms with Crippen molar-refractivity contribution < 1.29 is 14.3 Å². The third-order valence-electron chi connectivity index (χ3n) is 5.98. The number of rotatable bonds is 8. The van der Waals surface area contributed by atoms with E-state index in [1.54, 1.807) is 28.9 Å². The molecule has 1 aromatic heterocycles. The summed E-state index contributed by atoms with van der Waals surface area (Å²) in [5.74, 6) is 0.504. The Morgan fingerprint density at radius 1 is 1.11 bits per heavy atom. The minimum atomic E-state index is -0.310. The normalized spacial score (nSPS) is 11.5. The predicted molar refractivity (Wildman–Crippen MR) is 144 cm³/mol. The van der Waals surface area contributed by atoms with Crippen LogP contribution in [0, 0.1) is 13.8 Å². The Labute approximate surface area is 218 Å². The number of hydrogen-bond acceptors (Lipinski definition) is 4. The number of amides is 2. The van der Waals surface area contributed by atoms with E-state index < -0.39 is 0 Å². The zero-order valence-corrected chi connectivity index (χ0v) is 22.8. The van der Waals surface area contributed by atoms with E-state index in [-0.39, 0.29) is 36.4 Å². The number of hydrogen-bond donors (Lipinski definition) is 1. The molecule has 0 bridgehead atoms. The Hall–Kier alpha value is -3.32. The molecule has 0 saturated carbocycles. The lowest BCUT2D eigenvalue weighted by Gasteiger charge is -2.26. The molecule has 3 rings (SSSR count). The van der Waals surface area contributed by atoms with E-state index in [9.17, 15) is 9.59 Å². The molecule has 8 heteroatoms. The summed E-state index contributed by atoms with van der Waals surface area (Å²) in [5.41, 5.74) is 3.76. The van der Waals surface area contributed by atoms with Crippen LogP contribution in [-0.2, 0) is 15.0 Å². The zero-order chi connectivity index (χ0) is 26.6. The van der Waals surface area contributed by atoms with Crippen molar-refractivity contribution in [2.75, 3.05) is 18.5 Å². The van der Waals surface area contributed by atoms with E-state index in [1.165, 1.54) is 4.90 Å². The van der Waals surface area contributed by atoms with Gasteiger partial charge < -0.3 is 15.0 Å². The van der Waals surface area contributed by atoms with E-state index >= 15 is 0 Å². The first kappa shape index (κ1) is 27.3. The Morgan fingerprint density at radius 2 is 1.78 bits per heavy atom. The SMILES string of the molecule is Cc1cccc(-n2nc(C(C)(C)C)cc2NC(=O)CN(C(=O)COc2ccc(Cl)cc2)C(C)C)c1C. The highest BCUT2D eigenvalue weighted by Crippen LogP contribution is 2.28. The maximum absolute atomic E-state index is 13.1. The van der Waals surface area contributed by atoms with Crippen molar-refractivity contribution in [3.8, 4) is 11.4 Å². The second kappa shape index (κ2) is 11.2. The Bertz CT molecular complexity index is 1230. The van der Waals surface area contributed by atoms with Crippen LogP contribution in [0.5, 0.6) is 5.75 Å². The summed E-state index contributed by atoms with van der Waals surface area (Å²) in [7, 11) is 0. The van der Waals surface area contributed by atoms with Gasteiger partial charge >= 0.3 is 0 Å². The molecular weight excluding hydrogens is 476 g/mol. The summed E-state index contributed by atoms with van der Waals surface area (Å²) in [6.07, 6.45) is 0. The van der Waals surface area contributed by atoms with Gasteiger partial charge in [-0.05, 0) is 69.2 Å². The molecule has 2 aromatic carbocycles. The molecule has 1 heterocycles. The summed E-state index contributed by atoms with van der Waals surface area (Å²) < 4.78 is 7.37. The highest BCUT2D eigenvalue weighted by Gasteiger charge is 2.25. The largest absolute Gasteiger partial charge is 0.484 e. The lowest BCUT2D eigenvalue weighted by molar-refractivity contribution is -0.138. The second-order valence-electron chi connectivity index (χ2n) is 10.2. The fourth-order valence-electron chi connectivity index (χ4n) is 3.64. The van der Waals surface area contributed by atoms with Crippen LogP contribution in [0.2, 0.25) is 5.02 Å². The minimum absolute atomic E-state index is 0.108. The molecule has 0 unspecified atom stereocenters. The zero-order valence-electron chi connectivity index (χ0n) is 22.1. The number of nitrogens with one attached hydrogen (secondary N) is 1. The third-order valence-corrected chi connectivity index (χ3v) is 6.24. The number of halogens is 1. The molecule has 0 atom stereocenters. The first-order valence-electron chi connectivity index (χ1n) is 12.0. The van der Waals surface area contributed by atoms with E-state index in [4.69, 9.17) is 21.4 Å². The van der Waals surface area contributed by atoms with Crippen molar-refractivity contribution in [1.29, 1.82) is 0 Å². The van der Waals surface area contributed by atoms with Crippen molar-refractivity contribution in [2.45, 2.75) is 59.9 Å². The number of ether oxygens (including phenoxy) is 1. The van der Waals surface area contributed by atoms with Crippen molar-refractivity contribution in [3.63, 3.8) is 0 Å². The van der Waals surface area contributed by atoms with Crippen LogP contribution in [0.1, 0.15) is 51.4 Å². The molecule has 1 N–H and O–H groups in total. The first-order chi connectivity index (χ1) is 16.9. The van der Waals surface area contributed by atoms with E-state index in [1.807, 2.05) is 52.0 Å². The Morgan fingerprint density at radius 3 is 2.39 bits per heavy atom. The number of carbonyl (C=O) groups is 2. The van der Waals surface area contributed by atoms with Crippen LogP contribution in [-0.4, -0.2) is 45.7 Å². The summed E-state index contributed by atoms with van der Waals surface area (Å²) >= 11 is 5.90. The van der Waals surface area contributed by atoms with Gasteiger partial charge in [-0.2, -0.15) is 5.10 Å². The Balaban J connectivity index is 1.79. The van der Waals surface area contributed by atoms with Crippen LogP contribution < -0.4 is 10.1 Å². The van der Waals surface area contributed by atoms with Gasteiger partial charge in [-0.25, -0.2) is 4.68 Å². The fraction of sp³-hybridized carbons (Fsp3) is 0.393. The van der Waals surface area contributed by atoms with Gasteiger partial charge in [-0.1, -0.05) is 44.5 Å². The molecule has 0 spiro atoms.